The van der Waals surface area contributed by atoms with Crippen LogP contribution in [0.25, 0.3) is 0 Å². The second-order valence-corrected chi connectivity index (χ2v) is 7.33. The smallest absolute Gasteiger partial charge is 0.245 e. The van der Waals surface area contributed by atoms with Crippen molar-refractivity contribution in [2.24, 2.45) is 0 Å². The van der Waals surface area contributed by atoms with Crippen molar-refractivity contribution in [3.63, 3.8) is 0 Å². The van der Waals surface area contributed by atoms with Crippen molar-refractivity contribution in [2.75, 3.05) is 26.7 Å². The molecule has 0 radical (unpaired) electrons. The third kappa shape index (κ3) is 5.12. The fourth-order valence-electron chi connectivity index (χ4n) is 3.49. The van der Waals surface area contributed by atoms with E-state index in [-0.39, 0.29) is 17.9 Å². The van der Waals surface area contributed by atoms with Crippen LogP contribution in [0.4, 0.5) is 0 Å². The van der Waals surface area contributed by atoms with E-state index in [1.54, 1.807) is 16.8 Å². The van der Waals surface area contributed by atoms with Gasteiger partial charge in [-0.1, -0.05) is 48.0 Å². The van der Waals surface area contributed by atoms with Gasteiger partial charge in [0.05, 0.1) is 13.0 Å². The Labute approximate surface area is 166 Å². The number of benzene rings is 2. The van der Waals surface area contributed by atoms with Gasteiger partial charge in [-0.2, -0.15) is 0 Å². The molecule has 3 rings (SSSR count). The molecule has 0 bridgehead atoms. The Kier molecular flexibility index (Phi) is 6.69. The first-order valence-electron chi connectivity index (χ1n) is 9.82. The van der Waals surface area contributed by atoms with E-state index in [0.29, 0.717) is 26.1 Å². The van der Waals surface area contributed by atoms with E-state index in [1.165, 1.54) is 5.56 Å². The maximum Gasteiger partial charge on any atom is 0.245 e. The fourth-order valence-corrected chi connectivity index (χ4v) is 3.49. The van der Waals surface area contributed by atoms with E-state index >= 15 is 0 Å². The van der Waals surface area contributed by atoms with Crippen molar-refractivity contribution in [3.8, 4) is 5.75 Å². The van der Waals surface area contributed by atoms with Gasteiger partial charge in [-0.3, -0.25) is 9.59 Å². The molecular formula is C23H28N2O3. The van der Waals surface area contributed by atoms with E-state index in [1.807, 2.05) is 61.5 Å². The highest BCUT2D eigenvalue weighted by molar-refractivity contribution is 5.89. The summed E-state index contributed by atoms with van der Waals surface area (Å²) in [6.45, 7) is 3.60. The van der Waals surface area contributed by atoms with E-state index < -0.39 is 0 Å². The van der Waals surface area contributed by atoms with Crippen LogP contribution >= 0.6 is 0 Å². The van der Waals surface area contributed by atoms with E-state index in [4.69, 9.17) is 4.74 Å². The number of carbonyl (C=O) groups excluding carboxylic acids is 2. The summed E-state index contributed by atoms with van der Waals surface area (Å²) in [4.78, 5) is 29.0. The molecule has 1 aliphatic heterocycles. The highest BCUT2D eigenvalue weighted by atomic mass is 16.5. The van der Waals surface area contributed by atoms with Crippen LogP contribution in [0.15, 0.2) is 54.6 Å². The molecule has 5 heteroatoms. The zero-order valence-corrected chi connectivity index (χ0v) is 16.6. The van der Waals surface area contributed by atoms with Crippen molar-refractivity contribution in [3.05, 3.63) is 65.7 Å². The number of rotatable bonds is 7. The minimum absolute atomic E-state index is 0.00795. The Balaban J connectivity index is 1.51. The first-order valence-corrected chi connectivity index (χ1v) is 9.82. The van der Waals surface area contributed by atoms with Crippen molar-refractivity contribution >= 4 is 11.8 Å². The molecule has 5 nitrogen and oxygen atoms in total. The number of amides is 2. The van der Waals surface area contributed by atoms with Crippen LogP contribution in [0, 0.1) is 6.92 Å². The number of hydrogen-bond donors (Lipinski definition) is 0. The molecule has 28 heavy (non-hydrogen) atoms. The van der Waals surface area contributed by atoms with Crippen molar-refractivity contribution in [2.45, 2.75) is 32.2 Å². The number of likely N-dealkylation sites (tertiary alicyclic amines) is 1. The average molecular weight is 380 g/mol. The quantitative estimate of drug-likeness (QED) is 0.742. The molecule has 0 aromatic heterocycles. The SMILES string of the molecule is Cc1ccc(OCCN(C)C(=O)C2CCCN2C(=O)Cc2ccccc2)cc1. The van der Waals surface area contributed by atoms with Crippen molar-refractivity contribution in [1.29, 1.82) is 0 Å². The Morgan fingerprint density at radius 3 is 2.54 bits per heavy atom. The first-order chi connectivity index (χ1) is 13.5. The lowest BCUT2D eigenvalue weighted by molar-refractivity contribution is -0.142. The number of likely N-dealkylation sites (N-methyl/N-ethyl adjacent to an activating group) is 1. The second kappa shape index (κ2) is 9.40. The summed E-state index contributed by atoms with van der Waals surface area (Å²) in [5, 5.41) is 0. The number of aryl methyl sites for hydroxylation is 1. The standard InChI is InChI=1S/C23H28N2O3/c1-18-10-12-20(13-11-18)28-16-15-24(2)23(27)21-9-6-14-25(21)22(26)17-19-7-4-3-5-8-19/h3-5,7-8,10-13,21H,6,9,14-17H2,1-2H3. The van der Waals surface area contributed by atoms with Gasteiger partial charge >= 0.3 is 0 Å². The lowest BCUT2D eigenvalue weighted by Gasteiger charge is -2.28. The van der Waals surface area contributed by atoms with E-state index in [2.05, 4.69) is 0 Å². The van der Waals surface area contributed by atoms with Crippen LogP contribution in [0.1, 0.15) is 24.0 Å². The van der Waals surface area contributed by atoms with Crippen LogP contribution in [-0.2, 0) is 16.0 Å². The monoisotopic (exact) mass is 380 g/mol. The van der Waals surface area contributed by atoms with E-state index in [9.17, 15) is 9.59 Å². The minimum atomic E-state index is -0.361. The van der Waals surface area contributed by atoms with Crippen LogP contribution in [0.3, 0.4) is 0 Å². The maximum absolute atomic E-state index is 12.9. The normalized spacial score (nSPS) is 16.1. The molecule has 2 aromatic rings. The molecule has 148 valence electrons. The van der Waals surface area contributed by atoms with Crippen LogP contribution in [0.5, 0.6) is 5.75 Å². The lowest BCUT2D eigenvalue weighted by atomic mass is 10.1. The summed E-state index contributed by atoms with van der Waals surface area (Å²) in [5.41, 5.74) is 2.16. The predicted molar refractivity (Wildman–Crippen MR) is 109 cm³/mol. The molecule has 1 aliphatic rings. The summed E-state index contributed by atoms with van der Waals surface area (Å²) in [6, 6.07) is 17.2. The molecule has 0 saturated carbocycles. The Hall–Kier alpha value is -2.82. The van der Waals surface area contributed by atoms with Gasteiger partial charge in [0.15, 0.2) is 0 Å². The lowest BCUT2D eigenvalue weighted by Crippen LogP contribution is -2.47. The molecule has 0 spiro atoms. The molecule has 1 atom stereocenters. The molecule has 0 aliphatic carbocycles. The van der Waals surface area contributed by atoms with Gasteiger partial charge < -0.3 is 14.5 Å². The molecule has 2 amide bonds. The summed E-state index contributed by atoms with van der Waals surface area (Å²) >= 11 is 0. The third-order valence-electron chi connectivity index (χ3n) is 5.15. The van der Waals surface area contributed by atoms with Crippen LogP contribution in [-0.4, -0.2) is 54.4 Å². The third-order valence-corrected chi connectivity index (χ3v) is 5.15. The van der Waals surface area contributed by atoms with Gasteiger partial charge in [0.1, 0.15) is 18.4 Å². The van der Waals surface area contributed by atoms with Gasteiger partial charge in [-0.15, -0.1) is 0 Å². The Bertz CT molecular complexity index is 789. The fraction of sp³-hybridized carbons (Fsp3) is 0.391. The molecule has 1 saturated heterocycles. The van der Waals surface area contributed by atoms with E-state index in [0.717, 1.165) is 24.2 Å². The van der Waals surface area contributed by atoms with Gasteiger partial charge in [0.25, 0.3) is 0 Å². The first kappa shape index (κ1) is 19.9. The van der Waals surface area contributed by atoms with Crippen molar-refractivity contribution < 1.29 is 14.3 Å². The largest absolute Gasteiger partial charge is 0.492 e. The number of ether oxygens (including phenoxy) is 1. The second-order valence-electron chi connectivity index (χ2n) is 7.33. The Morgan fingerprint density at radius 2 is 1.82 bits per heavy atom. The molecule has 2 aromatic carbocycles. The van der Waals surface area contributed by atoms with Crippen LogP contribution < -0.4 is 4.74 Å². The zero-order chi connectivity index (χ0) is 19.9. The van der Waals surface area contributed by atoms with Gasteiger partial charge in [0, 0.05) is 13.6 Å². The zero-order valence-electron chi connectivity index (χ0n) is 16.6. The summed E-state index contributed by atoms with van der Waals surface area (Å²) in [7, 11) is 1.78. The Morgan fingerprint density at radius 1 is 1.11 bits per heavy atom. The summed E-state index contributed by atoms with van der Waals surface area (Å²) in [5.74, 6) is 0.810. The average Bonchev–Trinajstić information content (AvgIpc) is 3.19. The highest BCUT2D eigenvalue weighted by Crippen LogP contribution is 2.20. The molecule has 1 fully saturated rings. The minimum Gasteiger partial charge on any atom is -0.492 e. The van der Waals surface area contributed by atoms with Gasteiger partial charge in [-0.25, -0.2) is 0 Å². The number of hydrogen-bond acceptors (Lipinski definition) is 3. The van der Waals surface area contributed by atoms with Gasteiger partial charge in [-0.05, 0) is 37.5 Å². The predicted octanol–water partition coefficient (Wildman–Crippen LogP) is 3.07. The maximum atomic E-state index is 12.9. The topological polar surface area (TPSA) is 49.9 Å². The number of nitrogens with zero attached hydrogens (tertiary/aromatic N) is 2. The van der Waals surface area contributed by atoms with Crippen molar-refractivity contribution in [1.82, 2.24) is 9.80 Å². The highest BCUT2D eigenvalue weighted by Gasteiger charge is 2.35. The summed E-state index contributed by atoms with van der Waals surface area (Å²) < 4.78 is 5.72. The molecule has 1 heterocycles. The number of carbonyl (C=O) groups is 2. The molecular weight excluding hydrogens is 352 g/mol. The molecule has 0 N–H and O–H groups in total. The summed E-state index contributed by atoms with van der Waals surface area (Å²) in [6.07, 6.45) is 1.93. The van der Waals surface area contributed by atoms with Crippen LogP contribution in [0.2, 0.25) is 0 Å². The van der Waals surface area contributed by atoms with Gasteiger partial charge in [0.2, 0.25) is 11.8 Å². The molecule has 1 unspecified atom stereocenters.